The third-order valence-corrected chi connectivity index (χ3v) is 3.16. The molecule has 0 bridgehead atoms. The van der Waals surface area contributed by atoms with Crippen LogP contribution in [0, 0.1) is 0 Å². The molecule has 3 nitrogen and oxygen atoms in total. The van der Waals surface area contributed by atoms with Crippen LogP contribution in [0.2, 0.25) is 0 Å². The fraction of sp³-hybridized carbons (Fsp3) is 0. The van der Waals surface area contributed by atoms with Crippen molar-refractivity contribution < 1.29 is 10.2 Å². The maximum absolute atomic E-state index is 9.22. The molecule has 0 spiro atoms. The van der Waals surface area contributed by atoms with Gasteiger partial charge in [-0.2, -0.15) is 0 Å². The van der Waals surface area contributed by atoms with Gasteiger partial charge in [-0.05, 0) is 36.4 Å². The van der Waals surface area contributed by atoms with Crippen LogP contribution in [-0.2, 0) is 0 Å². The van der Waals surface area contributed by atoms with Gasteiger partial charge in [0.25, 0.3) is 0 Å². The second-order valence-electron chi connectivity index (χ2n) is 3.32. The molecule has 2 aromatic rings. The van der Waals surface area contributed by atoms with Crippen LogP contribution in [-0.4, -0.2) is 10.2 Å². The van der Waals surface area contributed by atoms with Crippen molar-refractivity contribution in [3.63, 3.8) is 0 Å². The smallest absolute Gasteiger partial charge is 0.117 e. The minimum absolute atomic E-state index is 0.160. The number of rotatable bonds is 2. The van der Waals surface area contributed by atoms with Crippen LogP contribution in [0.3, 0.4) is 0 Å². The Morgan fingerprint density at radius 3 is 2.12 bits per heavy atom. The summed E-state index contributed by atoms with van der Waals surface area (Å²) in [6, 6.07) is 11.8. The van der Waals surface area contributed by atoms with E-state index in [9.17, 15) is 5.11 Å². The zero-order chi connectivity index (χ0) is 11.5. The summed E-state index contributed by atoms with van der Waals surface area (Å²) < 4.78 is 0. The number of phenols is 2. The molecule has 0 aromatic heterocycles. The van der Waals surface area contributed by atoms with Gasteiger partial charge in [-0.15, -0.1) is 0 Å². The molecule has 0 radical (unpaired) electrons. The van der Waals surface area contributed by atoms with Crippen molar-refractivity contribution in [1.29, 1.82) is 0 Å². The summed E-state index contributed by atoms with van der Waals surface area (Å²) in [5, 5.41) is 18.4. The lowest BCUT2D eigenvalue weighted by Crippen LogP contribution is -1.87. The lowest BCUT2D eigenvalue weighted by atomic mass is 10.3. The zero-order valence-electron chi connectivity index (χ0n) is 8.42. The van der Waals surface area contributed by atoms with Gasteiger partial charge in [0.2, 0.25) is 0 Å². The van der Waals surface area contributed by atoms with Gasteiger partial charge in [0.15, 0.2) is 0 Å². The number of nitrogens with two attached hydrogens (primary N) is 1. The number of aromatic hydroxyl groups is 2. The molecule has 0 aliphatic carbocycles. The molecule has 4 heteroatoms. The molecule has 0 saturated carbocycles. The van der Waals surface area contributed by atoms with E-state index in [0.717, 1.165) is 9.79 Å². The Labute approximate surface area is 97.5 Å². The highest BCUT2D eigenvalue weighted by atomic mass is 32.2. The van der Waals surface area contributed by atoms with Gasteiger partial charge in [0.1, 0.15) is 11.5 Å². The van der Waals surface area contributed by atoms with E-state index in [-0.39, 0.29) is 11.5 Å². The molecule has 0 fully saturated rings. The van der Waals surface area contributed by atoms with Crippen LogP contribution in [0.15, 0.2) is 52.3 Å². The van der Waals surface area contributed by atoms with Gasteiger partial charge in [-0.3, -0.25) is 0 Å². The summed E-state index contributed by atoms with van der Waals surface area (Å²) in [6.07, 6.45) is 0. The van der Waals surface area contributed by atoms with E-state index in [1.165, 1.54) is 17.8 Å². The van der Waals surface area contributed by atoms with Gasteiger partial charge >= 0.3 is 0 Å². The monoisotopic (exact) mass is 233 g/mol. The Bertz CT molecular complexity index is 497. The number of phenolic OH excluding ortho intramolecular Hbond substituents is 2. The summed E-state index contributed by atoms with van der Waals surface area (Å²) in [5.74, 6) is 0.399. The van der Waals surface area contributed by atoms with Gasteiger partial charge in [-0.25, -0.2) is 0 Å². The summed E-state index contributed by atoms with van der Waals surface area (Å²) in [7, 11) is 0. The molecule has 4 N–H and O–H groups in total. The summed E-state index contributed by atoms with van der Waals surface area (Å²) in [6.45, 7) is 0. The van der Waals surface area contributed by atoms with Crippen LogP contribution in [0.25, 0.3) is 0 Å². The van der Waals surface area contributed by atoms with E-state index in [1.54, 1.807) is 24.3 Å². The molecular formula is C12H11NO2S. The van der Waals surface area contributed by atoms with Crippen LogP contribution < -0.4 is 5.73 Å². The van der Waals surface area contributed by atoms with E-state index in [2.05, 4.69) is 0 Å². The highest BCUT2D eigenvalue weighted by Gasteiger charge is 2.02. The Morgan fingerprint density at radius 1 is 0.875 bits per heavy atom. The molecule has 2 rings (SSSR count). The summed E-state index contributed by atoms with van der Waals surface area (Å²) in [5.41, 5.74) is 6.31. The molecular weight excluding hydrogens is 222 g/mol. The Morgan fingerprint density at radius 2 is 1.50 bits per heavy atom. The Kier molecular flexibility index (Phi) is 2.92. The molecule has 0 unspecified atom stereocenters. The molecule has 82 valence electrons. The van der Waals surface area contributed by atoms with Crippen LogP contribution in [0.5, 0.6) is 11.5 Å². The first kappa shape index (κ1) is 10.7. The molecule has 2 aromatic carbocycles. The number of hydrogen-bond donors (Lipinski definition) is 3. The van der Waals surface area contributed by atoms with E-state index >= 15 is 0 Å². The van der Waals surface area contributed by atoms with Crippen molar-refractivity contribution in [3.05, 3.63) is 42.5 Å². The first-order chi connectivity index (χ1) is 7.65. The molecule has 0 heterocycles. The third kappa shape index (κ3) is 2.41. The minimum Gasteiger partial charge on any atom is -0.508 e. The predicted octanol–water partition coefficient (Wildman–Crippen LogP) is 2.83. The lowest BCUT2D eigenvalue weighted by Gasteiger charge is -2.05. The molecule has 0 aliphatic rings. The van der Waals surface area contributed by atoms with Crippen molar-refractivity contribution in [2.45, 2.75) is 9.79 Å². The molecule has 0 amide bonds. The molecule has 0 saturated heterocycles. The number of benzene rings is 2. The molecule has 0 atom stereocenters. The summed E-state index contributed by atoms with van der Waals surface area (Å²) in [4.78, 5) is 1.86. The van der Waals surface area contributed by atoms with Crippen molar-refractivity contribution in [2.75, 3.05) is 5.73 Å². The largest absolute Gasteiger partial charge is 0.508 e. The van der Waals surface area contributed by atoms with Crippen LogP contribution in [0.4, 0.5) is 5.69 Å². The van der Waals surface area contributed by atoms with Crippen LogP contribution >= 0.6 is 11.8 Å². The van der Waals surface area contributed by atoms with Crippen molar-refractivity contribution in [1.82, 2.24) is 0 Å². The SMILES string of the molecule is Nc1cc(O)ccc1Sc1ccc(O)cc1. The van der Waals surface area contributed by atoms with Crippen molar-refractivity contribution in [3.8, 4) is 11.5 Å². The molecule has 0 aliphatic heterocycles. The van der Waals surface area contributed by atoms with Crippen molar-refractivity contribution in [2.24, 2.45) is 0 Å². The maximum Gasteiger partial charge on any atom is 0.117 e. The van der Waals surface area contributed by atoms with Gasteiger partial charge in [0.05, 0.1) is 0 Å². The molecule has 16 heavy (non-hydrogen) atoms. The van der Waals surface area contributed by atoms with Gasteiger partial charge in [0, 0.05) is 21.5 Å². The third-order valence-electron chi connectivity index (χ3n) is 2.06. The second kappa shape index (κ2) is 4.37. The number of nitrogen functional groups attached to an aromatic ring is 1. The predicted molar refractivity (Wildman–Crippen MR) is 64.7 cm³/mol. The van der Waals surface area contributed by atoms with E-state index in [4.69, 9.17) is 10.8 Å². The van der Waals surface area contributed by atoms with E-state index < -0.39 is 0 Å². The Balaban J connectivity index is 2.23. The van der Waals surface area contributed by atoms with Gasteiger partial charge < -0.3 is 15.9 Å². The van der Waals surface area contributed by atoms with Crippen molar-refractivity contribution >= 4 is 17.4 Å². The van der Waals surface area contributed by atoms with Gasteiger partial charge in [-0.1, -0.05) is 11.8 Å². The highest BCUT2D eigenvalue weighted by molar-refractivity contribution is 7.99. The fourth-order valence-electron chi connectivity index (χ4n) is 1.27. The average molecular weight is 233 g/mol. The first-order valence-corrected chi connectivity index (χ1v) is 5.52. The van der Waals surface area contributed by atoms with E-state index in [1.807, 2.05) is 12.1 Å². The first-order valence-electron chi connectivity index (χ1n) is 4.70. The zero-order valence-corrected chi connectivity index (χ0v) is 9.24. The van der Waals surface area contributed by atoms with E-state index in [0.29, 0.717) is 5.69 Å². The normalized spacial score (nSPS) is 10.2. The maximum atomic E-state index is 9.22. The summed E-state index contributed by atoms with van der Waals surface area (Å²) >= 11 is 1.48. The Hall–Kier alpha value is -1.81. The highest BCUT2D eigenvalue weighted by Crippen LogP contribution is 2.34. The standard InChI is InChI=1S/C12H11NO2S/c13-11-7-9(15)3-6-12(11)16-10-4-1-8(14)2-5-10/h1-7,14-15H,13H2. The minimum atomic E-state index is 0.160. The average Bonchev–Trinajstić information content (AvgIpc) is 2.25. The second-order valence-corrected chi connectivity index (χ2v) is 4.43. The quantitative estimate of drug-likeness (QED) is 0.698. The van der Waals surface area contributed by atoms with Crippen LogP contribution in [0.1, 0.15) is 0 Å². The lowest BCUT2D eigenvalue weighted by molar-refractivity contribution is 0.474. The number of anilines is 1. The number of hydrogen-bond acceptors (Lipinski definition) is 4. The topological polar surface area (TPSA) is 66.5 Å². The fourth-order valence-corrected chi connectivity index (χ4v) is 2.11.